The Morgan fingerprint density at radius 2 is 2.00 bits per heavy atom. The monoisotopic (exact) mass is 258 g/mol. The molecule has 1 atom stereocenters. The van der Waals surface area contributed by atoms with E-state index in [1.54, 1.807) is 18.6 Å². The van der Waals surface area contributed by atoms with E-state index >= 15 is 0 Å². The zero-order chi connectivity index (χ0) is 13.1. The van der Waals surface area contributed by atoms with Crippen LogP contribution in [0.5, 0.6) is 11.5 Å². The highest BCUT2D eigenvalue weighted by Crippen LogP contribution is 2.33. The fourth-order valence-corrected chi connectivity index (χ4v) is 2.05. The summed E-state index contributed by atoms with van der Waals surface area (Å²) in [5.41, 5.74) is 4.45. The minimum absolute atomic E-state index is 0.232. The molecule has 19 heavy (non-hydrogen) atoms. The second-order valence-electron chi connectivity index (χ2n) is 4.13. The zero-order valence-corrected chi connectivity index (χ0v) is 10.2. The predicted molar refractivity (Wildman–Crippen MR) is 68.6 cm³/mol. The number of nitrogens with zero attached hydrogens (tertiary/aromatic N) is 2. The first-order chi connectivity index (χ1) is 9.38. The second-order valence-corrected chi connectivity index (χ2v) is 4.13. The van der Waals surface area contributed by atoms with Crippen molar-refractivity contribution < 1.29 is 9.47 Å². The first kappa shape index (κ1) is 11.9. The molecule has 1 aromatic carbocycles. The van der Waals surface area contributed by atoms with Gasteiger partial charge in [0.2, 0.25) is 0 Å². The van der Waals surface area contributed by atoms with Gasteiger partial charge < -0.3 is 9.47 Å². The highest BCUT2D eigenvalue weighted by atomic mass is 16.6. The highest BCUT2D eigenvalue weighted by Gasteiger charge is 2.18. The van der Waals surface area contributed by atoms with Crippen molar-refractivity contribution in [2.24, 2.45) is 5.84 Å². The Hall–Kier alpha value is -2.18. The number of ether oxygens (including phenoxy) is 2. The van der Waals surface area contributed by atoms with Crippen molar-refractivity contribution in [2.75, 3.05) is 13.2 Å². The average Bonchev–Trinajstić information content (AvgIpc) is 2.49. The minimum atomic E-state index is -0.232. The first-order valence-electron chi connectivity index (χ1n) is 6.00. The molecule has 2 heterocycles. The average molecular weight is 258 g/mol. The lowest BCUT2D eigenvalue weighted by Crippen LogP contribution is -2.29. The Morgan fingerprint density at radius 1 is 1.16 bits per heavy atom. The Kier molecular flexibility index (Phi) is 3.26. The smallest absolute Gasteiger partial charge is 0.161 e. The lowest BCUT2D eigenvalue weighted by Gasteiger charge is -2.21. The lowest BCUT2D eigenvalue weighted by atomic mass is 10.0. The van der Waals surface area contributed by atoms with Crippen LogP contribution >= 0.6 is 0 Å². The summed E-state index contributed by atoms with van der Waals surface area (Å²) in [5, 5.41) is 0. The molecule has 0 fully saturated rings. The number of nitrogens with two attached hydrogens (primary N) is 1. The third-order valence-corrected chi connectivity index (χ3v) is 2.95. The maximum atomic E-state index is 5.62. The standard InChI is InChI=1S/C13H14N4O2/c14-17-13(10-8-15-3-4-16-10)9-1-2-11-12(7-9)19-6-5-18-11/h1-4,7-8,13,17H,5-6,14H2. The van der Waals surface area contributed by atoms with Gasteiger partial charge in [0.15, 0.2) is 11.5 Å². The van der Waals surface area contributed by atoms with Crippen molar-refractivity contribution >= 4 is 0 Å². The molecular formula is C13H14N4O2. The summed E-state index contributed by atoms with van der Waals surface area (Å²) in [6, 6.07) is 5.50. The SMILES string of the molecule is NNC(c1ccc2c(c1)OCCO2)c1cnccn1. The summed E-state index contributed by atoms with van der Waals surface area (Å²) in [7, 11) is 0. The lowest BCUT2D eigenvalue weighted by molar-refractivity contribution is 0.171. The summed E-state index contributed by atoms with van der Waals surface area (Å²) in [5.74, 6) is 7.11. The van der Waals surface area contributed by atoms with Crippen LogP contribution in [0.4, 0.5) is 0 Å². The van der Waals surface area contributed by atoms with Crippen LogP contribution in [-0.2, 0) is 0 Å². The Morgan fingerprint density at radius 3 is 2.74 bits per heavy atom. The predicted octanol–water partition coefficient (Wildman–Crippen LogP) is 0.800. The summed E-state index contributed by atoms with van der Waals surface area (Å²) in [4.78, 5) is 8.31. The third kappa shape index (κ3) is 2.35. The highest BCUT2D eigenvalue weighted by molar-refractivity contribution is 5.45. The third-order valence-electron chi connectivity index (χ3n) is 2.95. The van der Waals surface area contributed by atoms with E-state index in [0.29, 0.717) is 13.2 Å². The number of hydrogen-bond acceptors (Lipinski definition) is 6. The molecule has 0 saturated carbocycles. The Labute approximate surface area is 110 Å². The Balaban J connectivity index is 1.96. The quantitative estimate of drug-likeness (QED) is 0.626. The number of nitrogens with one attached hydrogen (secondary N) is 1. The van der Waals surface area contributed by atoms with Gasteiger partial charge in [0.05, 0.1) is 17.9 Å². The number of aromatic nitrogens is 2. The molecular weight excluding hydrogens is 244 g/mol. The normalized spacial score (nSPS) is 15.0. The largest absolute Gasteiger partial charge is 0.486 e. The number of fused-ring (bicyclic) bond motifs is 1. The molecule has 0 radical (unpaired) electrons. The molecule has 6 nitrogen and oxygen atoms in total. The summed E-state index contributed by atoms with van der Waals surface area (Å²) in [6.45, 7) is 1.14. The van der Waals surface area contributed by atoms with Crippen molar-refractivity contribution in [1.29, 1.82) is 0 Å². The van der Waals surface area contributed by atoms with Gasteiger partial charge in [-0.2, -0.15) is 0 Å². The van der Waals surface area contributed by atoms with Crippen LogP contribution in [0.1, 0.15) is 17.3 Å². The number of benzene rings is 1. The van der Waals surface area contributed by atoms with E-state index in [2.05, 4.69) is 15.4 Å². The molecule has 1 aliphatic rings. The first-order valence-corrected chi connectivity index (χ1v) is 6.00. The van der Waals surface area contributed by atoms with Crippen LogP contribution in [0.3, 0.4) is 0 Å². The molecule has 1 unspecified atom stereocenters. The van der Waals surface area contributed by atoms with Crippen LogP contribution < -0.4 is 20.7 Å². The molecule has 6 heteroatoms. The molecule has 3 rings (SSSR count). The number of rotatable bonds is 3. The molecule has 1 aliphatic heterocycles. The molecule has 3 N–H and O–H groups in total. The van der Waals surface area contributed by atoms with Crippen molar-refractivity contribution in [3.05, 3.63) is 48.0 Å². The minimum Gasteiger partial charge on any atom is -0.486 e. The van der Waals surface area contributed by atoms with Gasteiger partial charge >= 0.3 is 0 Å². The van der Waals surface area contributed by atoms with Crippen LogP contribution in [0, 0.1) is 0 Å². The molecule has 0 spiro atoms. The van der Waals surface area contributed by atoms with Gasteiger partial charge in [-0.15, -0.1) is 0 Å². The van der Waals surface area contributed by atoms with Crippen LogP contribution in [-0.4, -0.2) is 23.2 Å². The molecule has 0 amide bonds. The molecule has 0 aliphatic carbocycles. The molecule has 98 valence electrons. The van der Waals surface area contributed by atoms with Gasteiger partial charge in [-0.25, -0.2) is 5.43 Å². The second kappa shape index (κ2) is 5.21. The molecule has 0 saturated heterocycles. The van der Waals surface area contributed by atoms with Gasteiger partial charge in [0, 0.05) is 12.4 Å². The van der Waals surface area contributed by atoms with E-state index in [4.69, 9.17) is 15.3 Å². The van der Waals surface area contributed by atoms with Gasteiger partial charge in [-0.05, 0) is 17.7 Å². The van der Waals surface area contributed by atoms with Crippen LogP contribution in [0.15, 0.2) is 36.8 Å². The van der Waals surface area contributed by atoms with Gasteiger partial charge in [0.25, 0.3) is 0 Å². The van der Waals surface area contributed by atoms with Crippen molar-refractivity contribution in [3.8, 4) is 11.5 Å². The zero-order valence-electron chi connectivity index (χ0n) is 10.2. The van der Waals surface area contributed by atoms with Gasteiger partial charge in [0.1, 0.15) is 13.2 Å². The van der Waals surface area contributed by atoms with E-state index in [1.165, 1.54) is 0 Å². The van der Waals surface area contributed by atoms with Crippen molar-refractivity contribution in [1.82, 2.24) is 15.4 Å². The van der Waals surface area contributed by atoms with E-state index in [1.807, 2.05) is 18.2 Å². The van der Waals surface area contributed by atoms with E-state index < -0.39 is 0 Å². The fraction of sp³-hybridized carbons (Fsp3) is 0.231. The fourth-order valence-electron chi connectivity index (χ4n) is 2.05. The van der Waals surface area contributed by atoms with E-state index in [0.717, 1.165) is 22.8 Å². The van der Waals surface area contributed by atoms with Crippen LogP contribution in [0.25, 0.3) is 0 Å². The molecule has 2 aromatic rings. The topological polar surface area (TPSA) is 82.3 Å². The maximum Gasteiger partial charge on any atom is 0.161 e. The van der Waals surface area contributed by atoms with Crippen LogP contribution in [0.2, 0.25) is 0 Å². The van der Waals surface area contributed by atoms with E-state index in [9.17, 15) is 0 Å². The summed E-state index contributed by atoms with van der Waals surface area (Å²) in [6.07, 6.45) is 4.94. The van der Waals surface area contributed by atoms with Gasteiger partial charge in [-0.1, -0.05) is 6.07 Å². The van der Waals surface area contributed by atoms with E-state index in [-0.39, 0.29) is 6.04 Å². The maximum absolute atomic E-state index is 5.62. The molecule has 0 bridgehead atoms. The number of hydrazine groups is 1. The summed E-state index contributed by atoms with van der Waals surface area (Å²) < 4.78 is 11.1. The Bertz CT molecular complexity index is 562. The molecule has 1 aromatic heterocycles. The van der Waals surface area contributed by atoms with Crippen molar-refractivity contribution in [2.45, 2.75) is 6.04 Å². The summed E-state index contributed by atoms with van der Waals surface area (Å²) >= 11 is 0. The van der Waals surface area contributed by atoms with Gasteiger partial charge in [-0.3, -0.25) is 15.8 Å². The van der Waals surface area contributed by atoms with Crippen molar-refractivity contribution in [3.63, 3.8) is 0 Å². The number of hydrogen-bond donors (Lipinski definition) is 2.